The minimum atomic E-state index is -0.0262. The average molecular weight is 312 g/mol. The molecule has 0 atom stereocenters. The molecule has 3 heterocycles. The van der Waals surface area contributed by atoms with E-state index in [1.165, 1.54) is 0 Å². The number of anilines is 1. The number of halogens is 1. The van der Waals surface area contributed by atoms with E-state index in [4.69, 9.17) is 0 Å². The molecular weight excluding hydrogens is 302 g/mol. The van der Waals surface area contributed by atoms with Crippen LogP contribution in [0.25, 0.3) is 10.7 Å². The van der Waals surface area contributed by atoms with Gasteiger partial charge in [-0.3, -0.25) is 4.79 Å². The van der Waals surface area contributed by atoms with Crippen molar-refractivity contribution in [1.29, 1.82) is 0 Å². The zero-order valence-electron chi connectivity index (χ0n) is 8.92. The fourth-order valence-corrected chi connectivity index (χ4v) is 3.24. The molecule has 6 heteroatoms. The minimum Gasteiger partial charge on any atom is -0.370 e. The average Bonchev–Trinajstić information content (AvgIpc) is 2.76. The van der Waals surface area contributed by atoms with Crippen LogP contribution in [0.5, 0.6) is 0 Å². The van der Waals surface area contributed by atoms with Crippen molar-refractivity contribution >= 4 is 33.1 Å². The van der Waals surface area contributed by atoms with Gasteiger partial charge in [-0.2, -0.15) is 0 Å². The van der Waals surface area contributed by atoms with E-state index < -0.39 is 0 Å². The van der Waals surface area contributed by atoms with E-state index in [9.17, 15) is 4.79 Å². The third-order valence-electron chi connectivity index (χ3n) is 2.72. The Bertz CT molecular complexity index is 619. The molecule has 0 aliphatic carbocycles. The van der Waals surface area contributed by atoms with Crippen molar-refractivity contribution in [3.05, 3.63) is 31.8 Å². The van der Waals surface area contributed by atoms with E-state index in [0.29, 0.717) is 5.82 Å². The van der Waals surface area contributed by atoms with Crippen molar-refractivity contribution < 1.29 is 0 Å². The number of rotatable bonds is 1. The summed E-state index contributed by atoms with van der Waals surface area (Å²) >= 11 is 4.96. The Balaban J connectivity index is 2.13. The normalized spacial score (nSPS) is 14.2. The van der Waals surface area contributed by atoms with Crippen molar-refractivity contribution in [2.75, 3.05) is 11.9 Å². The molecule has 1 aliphatic rings. The molecule has 1 aliphatic heterocycles. The second-order valence-corrected chi connectivity index (χ2v) is 6.34. The van der Waals surface area contributed by atoms with Crippen LogP contribution in [0.4, 0.5) is 5.82 Å². The number of nitrogens with zero attached hydrogens (tertiary/aromatic N) is 1. The molecule has 3 rings (SSSR count). The maximum absolute atomic E-state index is 11.9. The molecule has 2 aromatic rings. The van der Waals surface area contributed by atoms with Crippen LogP contribution < -0.4 is 10.9 Å². The molecule has 0 radical (unpaired) electrons. The molecule has 0 aromatic carbocycles. The van der Waals surface area contributed by atoms with Gasteiger partial charge in [0.05, 0.1) is 14.2 Å². The fraction of sp³-hybridized carbons (Fsp3) is 0.273. The van der Waals surface area contributed by atoms with Crippen molar-refractivity contribution in [3.63, 3.8) is 0 Å². The summed E-state index contributed by atoms with van der Waals surface area (Å²) in [4.78, 5) is 20.2. The van der Waals surface area contributed by atoms with Gasteiger partial charge < -0.3 is 10.3 Å². The largest absolute Gasteiger partial charge is 0.370 e. The Kier molecular flexibility index (Phi) is 2.76. The van der Waals surface area contributed by atoms with Crippen molar-refractivity contribution in [2.24, 2.45) is 0 Å². The molecule has 88 valence electrons. The number of nitrogens with one attached hydrogen (secondary N) is 2. The minimum absolute atomic E-state index is 0.0262. The van der Waals surface area contributed by atoms with E-state index in [-0.39, 0.29) is 5.56 Å². The van der Waals surface area contributed by atoms with Crippen LogP contribution in [-0.2, 0) is 6.42 Å². The van der Waals surface area contributed by atoms with Crippen LogP contribution in [0.3, 0.4) is 0 Å². The van der Waals surface area contributed by atoms with Crippen molar-refractivity contribution in [1.82, 2.24) is 9.97 Å². The van der Waals surface area contributed by atoms with Crippen LogP contribution in [0.1, 0.15) is 12.0 Å². The second kappa shape index (κ2) is 4.27. The Labute approximate surface area is 110 Å². The molecule has 0 spiro atoms. The summed E-state index contributed by atoms with van der Waals surface area (Å²) < 4.78 is 1.03. The van der Waals surface area contributed by atoms with Crippen LogP contribution in [0.2, 0.25) is 0 Å². The predicted octanol–water partition coefficient (Wildman–Crippen LogP) is 2.62. The lowest BCUT2D eigenvalue weighted by atomic mass is 10.1. The van der Waals surface area contributed by atoms with Crippen LogP contribution in [0.15, 0.2) is 20.7 Å². The SMILES string of the molecule is O=c1[nH]c(-c2ccc(Br)s2)nc2c1CCCN2. The number of thiophene rings is 1. The van der Waals surface area contributed by atoms with Gasteiger partial charge >= 0.3 is 0 Å². The summed E-state index contributed by atoms with van der Waals surface area (Å²) in [5.41, 5.74) is 0.748. The van der Waals surface area contributed by atoms with E-state index >= 15 is 0 Å². The highest BCUT2D eigenvalue weighted by Crippen LogP contribution is 2.29. The smallest absolute Gasteiger partial charge is 0.256 e. The molecule has 0 bridgehead atoms. The zero-order chi connectivity index (χ0) is 11.8. The summed E-state index contributed by atoms with van der Waals surface area (Å²) in [6, 6.07) is 3.90. The van der Waals surface area contributed by atoms with E-state index in [2.05, 4.69) is 31.2 Å². The maximum atomic E-state index is 11.9. The molecule has 17 heavy (non-hydrogen) atoms. The van der Waals surface area contributed by atoms with Crippen molar-refractivity contribution in [3.8, 4) is 10.7 Å². The number of hydrogen-bond acceptors (Lipinski definition) is 4. The molecule has 2 aromatic heterocycles. The summed E-state index contributed by atoms with van der Waals surface area (Å²) in [5.74, 6) is 1.37. The highest BCUT2D eigenvalue weighted by Gasteiger charge is 2.16. The molecule has 0 unspecified atom stereocenters. The lowest BCUT2D eigenvalue weighted by Gasteiger charge is -2.16. The van der Waals surface area contributed by atoms with Gasteiger partial charge in [-0.05, 0) is 40.9 Å². The third kappa shape index (κ3) is 2.02. The number of aromatic amines is 1. The predicted molar refractivity (Wildman–Crippen MR) is 72.7 cm³/mol. The summed E-state index contributed by atoms with van der Waals surface area (Å²) in [5, 5.41) is 3.18. The Morgan fingerprint density at radius 2 is 2.29 bits per heavy atom. The zero-order valence-corrected chi connectivity index (χ0v) is 11.3. The quantitative estimate of drug-likeness (QED) is 0.851. The monoisotopic (exact) mass is 311 g/mol. The first-order chi connectivity index (χ1) is 8.24. The van der Waals surface area contributed by atoms with Gasteiger partial charge in [-0.25, -0.2) is 4.98 Å². The lowest BCUT2D eigenvalue weighted by molar-refractivity contribution is 0.800. The van der Waals surface area contributed by atoms with Gasteiger partial charge in [0.1, 0.15) is 5.82 Å². The second-order valence-electron chi connectivity index (χ2n) is 3.88. The summed E-state index contributed by atoms with van der Waals surface area (Å²) in [6.07, 6.45) is 1.79. The maximum Gasteiger partial charge on any atom is 0.256 e. The van der Waals surface area contributed by atoms with E-state index in [1.807, 2.05) is 12.1 Å². The number of aromatic nitrogens is 2. The molecule has 0 saturated carbocycles. The van der Waals surface area contributed by atoms with Gasteiger partial charge in [0, 0.05) is 6.54 Å². The van der Waals surface area contributed by atoms with Gasteiger partial charge in [0.15, 0.2) is 5.82 Å². The lowest BCUT2D eigenvalue weighted by Crippen LogP contribution is -2.23. The fourth-order valence-electron chi connectivity index (χ4n) is 1.91. The molecule has 0 amide bonds. The molecule has 0 fully saturated rings. The Hall–Kier alpha value is -1.14. The first-order valence-electron chi connectivity index (χ1n) is 5.37. The first kappa shape index (κ1) is 11.0. The Morgan fingerprint density at radius 3 is 3.06 bits per heavy atom. The molecule has 2 N–H and O–H groups in total. The number of H-pyrrole nitrogens is 1. The van der Waals surface area contributed by atoms with Crippen LogP contribution >= 0.6 is 27.3 Å². The van der Waals surface area contributed by atoms with Crippen LogP contribution in [0, 0.1) is 0 Å². The highest BCUT2D eigenvalue weighted by atomic mass is 79.9. The molecule has 0 saturated heterocycles. The third-order valence-corrected chi connectivity index (χ3v) is 4.35. The van der Waals surface area contributed by atoms with Gasteiger partial charge in [0.25, 0.3) is 5.56 Å². The highest BCUT2D eigenvalue weighted by molar-refractivity contribution is 9.11. The van der Waals surface area contributed by atoms with Gasteiger partial charge in [-0.15, -0.1) is 11.3 Å². The molecular formula is C11H10BrN3OS. The topological polar surface area (TPSA) is 57.8 Å². The molecule has 4 nitrogen and oxygen atoms in total. The summed E-state index contributed by atoms with van der Waals surface area (Å²) in [6.45, 7) is 0.886. The van der Waals surface area contributed by atoms with Crippen molar-refractivity contribution in [2.45, 2.75) is 12.8 Å². The van der Waals surface area contributed by atoms with E-state index in [0.717, 1.165) is 39.4 Å². The Morgan fingerprint density at radius 1 is 1.41 bits per heavy atom. The first-order valence-corrected chi connectivity index (χ1v) is 6.98. The standard InChI is InChI=1S/C11H10BrN3OS/c12-8-4-3-7(17-8)10-14-9-6(11(16)15-10)2-1-5-13-9/h3-4H,1-2,5H2,(H2,13,14,15,16). The van der Waals surface area contributed by atoms with E-state index in [1.54, 1.807) is 11.3 Å². The number of hydrogen-bond donors (Lipinski definition) is 2. The van der Waals surface area contributed by atoms with Crippen LogP contribution in [-0.4, -0.2) is 16.5 Å². The van der Waals surface area contributed by atoms with Gasteiger partial charge in [-0.1, -0.05) is 0 Å². The van der Waals surface area contributed by atoms with Gasteiger partial charge in [0.2, 0.25) is 0 Å². The summed E-state index contributed by atoms with van der Waals surface area (Å²) in [7, 11) is 0. The number of fused-ring (bicyclic) bond motifs is 1.